The Balaban J connectivity index is 2.62. The maximum absolute atomic E-state index is 13.3. The van der Waals surface area contributed by atoms with Gasteiger partial charge < -0.3 is 9.52 Å². The van der Waals surface area contributed by atoms with E-state index in [0.29, 0.717) is 11.5 Å². The van der Waals surface area contributed by atoms with Crippen LogP contribution in [0.25, 0.3) is 0 Å². The predicted octanol–water partition coefficient (Wildman–Crippen LogP) is 0.892. The Kier molecular flexibility index (Phi) is 2.82. The second-order valence-electron chi connectivity index (χ2n) is 3.89. The van der Waals surface area contributed by atoms with Crippen molar-refractivity contribution >= 4 is 0 Å². The first kappa shape index (κ1) is 12.2. The second kappa shape index (κ2) is 4.17. The molecule has 2 aromatic heterocycles. The number of nitrogens with zero attached hydrogens (tertiary/aromatic N) is 1. The van der Waals surface area contributed by atoms with Gasteiger partial charge in [-0.25, -0.2) is 4.79 Å². The van der Waals surface area contributed by atoms with Crippen molar-refractivity contribution in [2.24, 2.45) is 0 Å². The van der Waals surface area contributed by atoms with E-state index in [2.05, 4.69) is 0 Å². The first-order valence-corrected chi connectivity index (χ1v) is 5.21. The van der Waals surface area contributed by atoms with Gasteiger partial charge in [-0.3, -0.25) is 14.3 Å². The number of H-pyrrole nitrogens is 1. The van der Waals surface area contributed by atoms with E-state index in [0.717, 1.165) is 4.57 Å². The van der Waals surface area contributed by atoms with Crippen LogP contribution in [-0.2, 0) is 0 Å². The lowest BCUT2D eigenvalue weighted by Gasteiger charge is -2.13. The summed E-state index contributed by atoms with van der Waals surface area (Å²) in [7, 11) is 0. The van der Waals surface area contributed by atoms with Gasteiger partial charge >= 0.3 is 5.69 Å². The fourth-order valence-corrected chi connectivity index (χ4v) is 1.68. The number of aromatic nitrogens is 2. The molecule has 2 aromatic rings. The molecule has 0 aliphatic rings. The summed E-state index contributed by atoms with van der Waals surface area (Å²) in [6, 6.07) is 2.54. The molecule has 2 rings (SSSR count). The summed E-state index contributed by atoms with van der Waals surface area (Å²) >= 11 is 0. The van der Waals surface area contributed by atoms with Crippen LogP contribution in [0.5, 0.6) is 5.88 Å². The van der Waals surface area contributed by atoms with Crippen molar-refractivity contribution in [1.29, 1.82) is 0 Å². The van der Waals surface area contributed by atoms with Crippen molar-refractivity contribution in [3.63, 3.8) is 0 Å². The zero-order chi connectivity index (χ0) is 13.4. The largest absolute Gasteiger partial charge is 0.492 e. The number of aromatic amines is 1. The Bertz CT molecular complexity index is 698. The molecule has 6 nitrogen and oxygen atoms in total. The van der Waals surface area contributed by atoms with Gasteiger partial charge in [0.05, 0.1) is 6.04 Å². The normalized spacial score (nSPS) is 12.6. The molecule has 0 amide bonds. The third kappa shape index (κ3) is 1.83. The summed E-state index contributed by atoms with van der Waals surface area (Å²) in [5.41, 5.74) is -2.16. The van der Waals surface area contributed by atoms with E-state index >= 15 is 0 Å². The Morgan fingerprint density at radius 2 is 2.11 bits per heavy atom. The average molecular weight is 254 g/mol. The molecule has 0 aromatic carbocycles. The highest BCUT2D eigenvalue weighted by Gasteiger charge is 2.21. The molecule has 2 heterocycles. The zero-order valence-electron chi connectivity index (χ0n) is 9.73. The highest BCUT2D eigenvalue weighted by atomic mass is 19.1. The Morgan fingerprint density at radius 1 is 1.44 bits per heavy atom. The molecule has 0 spiro atoms. The summed E-state index contributed by atoms with van der Waals surface area (Å²) in [4.78, 5) is 24.3. The van der Waals surface area contributed by atoms with Crippen LogP contribution >= 0.6 is 0 Å². The Hall–Kier alpha value is -2.31. The topological polar surface area (TPSA) is 88.2 Å². The standard InChI is InChI=1S/C11H11FN2O4/c1-5-3-4-7(18-5)6(2)14-10(16)8(12)9(15)13-11(14)17/h3-4,6,16H,1-2H3,(H,13,15,17). The van der Waals surface area contributed by atoms with Gasteiger partial charge in [0.15, 0.2) is 0 Å². The van der Waals surface area contributed by atoms with Crippen LogP contribution in [-0.4, -0.2) is 14.7 Å². The minimum Gasteiger partial charge on any atom is -0.492 e. The van der Waals surface area contributed by atoms with Crippen molar-refractivity contribution in [3.8, 4) is 5.88 Å². The fourth-order valence-electron chi connectivity index (χ4n) is 1.68. The van der Waals surface area contributed by atoms with Crippen LogP contribution in [0, 0.1) is 12.7 Å². The van der Waals surface area contributed by atoms with Gasteiger partial charge in [0.1, 0.15) is 11.5 Å². The molecule has 0 radical (unpaired) electrons. The number of aromatic hydroxyl groups is 1. The van der Waals surface area contributed by atoms with Gasteiger partial charge in [-0.15, -0.1) is 0 Å². The van der Waals surface area contributed by atoms with E-state index in [1.54, 1.807) is 24.0 Å². The molecule has 7 heteroatoms. The Morgan fingerprint density at radius 3 is 2.67 bits per heavy atom. The van der Waals surface area contributed by atoms with E-state index in [9.17, 15) is 19.1 Å². The van der Waals surface area contributed by atoms with Crippen molar-refractivity contribution in [1.82, 2.24) is 9.55 Å². The smallest absolute Gasteiger partial charge is 0.331 e. The molecule has 96 valence electrons. The SMILES string of the molecule is Cc1ccc(C(C)n2c(O)c(F)c(=O)[nH]c2=O)o1. The molecular formula is C11H11FN2O4. The molecule has 18 heavy (non-hydrogen) atoms. The quantitative estimate of drug-likeness (QED) is 0.833. The third-order valence-electron chi connectivity index (χ3n) is 2.62. The predicted molar refractivity (Wildman–Crippen MR) is 60.2 cm³/mol. The monoisotopic (exact) mass is 254 g/mol. The van der Waals surface area contributed by atoms with Gasteiger partial charge in [0, 0.05) is 0 Å². The first-order chi connectivity index (χ1) is 8.41. The van der Waals surface area contributed by atoms with Crippen LogP contribution in [0.3, 0.4) is 0 Å². The molecule has 0 saturated carbocycles. The van der Waals surface area contributed by atoms with Crippen LogP contribution in [0.1, 0.15) is 24.5 Å². The highest BCUT2D eigenvalue weighted by molar-refractivity contribution is 5.16. The highest BCUT2D eigenvalue weighted by Crippen LogP contribution is 2.22. The minimum atomic E-state index is -1.40. The Labute approximate surface area is 100 Å². The number of halogens is 1. The molecule has 0 aliphatic heterocycles. The fraction of sp³-hybridized carbons (Fsp3) is 0.273. The zero-order valence-corrected chi connectivity index (χ0v) is 9.73. The van der Waals surface area contributed by atoms with E-state index < -0.39 is 29.0 Å². The number of hydrogen-bond donors (Lipinski definition) is 2. The summed E-state index contributed by atoms with van der Waals surface area (Å²) < 4.78 is 19.3. The number of nitrogens with one attached hydrogen (secondary N) is 1. The van der Waals surface area contributed by atoms with E-state index in [4.69, 9.17) is 4.42 Å². The van der Waals surface area contributed by atoms with E-state index in [1.165, 1.54) is 6.92 Å². The van der Waals surface area contributed by atoms with Crippen molar-refractivity contribution in [2.45, 2.75) is 19.9 Å². The molecule has 0 saturated heterocycles. The van der Waals surface area contributed by atoms with Crippen molar-refractivity contribution < 1.29 is 13.9 Å². The molecule has 0 fully saturated rings. The van der Waals surface area contributed by atoms with Crippen LogP contribution in [0.4, 0.5) is 4.39 Å². The number of furan rings is 1. The van der Waals surface area contributed by atoms with Crippen molar-refractivity contribution in [3.05, 3.63) is 50.3 Å². The first-order valence-electron chi connectivity index (χ1n) is 5.21. The van der Waals surface area contributed by atoms with E-state index in [1.807, 2.05) is 0 Å². The minimum absolute atomic E-state index is 0.372. The van der Waals surface area contributed by atoms with Crippen LogP contribution in [0.15, 0.2) is 26.1 Å². The molecule has 1 unspecified atom stereocenters. The molecule has 1 atom stereocenters. The number of rotatable bonds is 2. The molecule has 0 bridgehead atoms. The summed E-state index contributed by atoms with van der Waals surface area (Å²) in [6.45, 7) is 3.25. The second-order valence-corrected chi connectivity index (χ2v) is 3.89. The third-order valence-corrected chi connectivity index (χ3v) is 2.62. The maximum atomic E-state index is 13.3. The molecular weight excluding hydrogens is 243 g/mol. The molecule has 2 N–H and O–H groups in total. The summed E-state index contributed by atoms with van der Waals surface area (Å²) in [5.74, 6) is -1.42. The average Bonchev–Trinajstić information content (AvgIpc) is 2.73. The van der Waals surface area contributed by atoms with Crippen molar-refractivity contribution in [2.75, 3.05) is 0 Å². The lowest BCUT2D eigenvalue weighted by Crippen LogP contribution is -2.33. The summed E-state index contributed by atoms with van der Waals surface area (Å²) in [6.07, 6.45) is 0. The van der Waals surface area contributed by atoms with E-state index in [-0.39, 0.29) is 0 Å². The summed E-state index contributed by atoms with van der Waals surface area (Å²) in [5, 5.41) is 9.52. The maximum Gasteiger partial charge on any atom is 0.331 e. The molecule has 0 aliphatic carbocycles. The van der Waals surface area contributed by atoms with Gasteiger partial charge in [-0.2, -0.15) is 4.39 Å². The lowest BCUT2D eigenvalue weighted by molar-refractivity contribution is 0.331. The number of hydrogen-bond acceptors (Lipinski definition) is 4. The van der Waals surface area contributed by atoms with Gasteiger partial charge in [-0.05, 0) is 26.0 Å². The number of aryl methyl sites for hydroxylation is 1. The van der Waals surface area contributed by atoms with Crippen LogP contribution in [0.2, 0.25) is 0 Å². The lowest BCUT2D eigenvalue weighted by atomic mass is 10.2. The van der Waals surface area contributed by atoms with Crippen LogP contribution < -0.4 is 11.2 Å². The van der Waals surface area contributed by atoms with Gasteiger partial charge in [0.25, 0.3) is 5.56 Å². The van der Waals surface area contributed by atoms with Gasteiger partial charge in [-0.1, -0.05) is 0 Å². The van der Waals surface area contributed by atoms with Gasteiger partial charge in [0.2, 0.25) is 11.7 Å².